The Labute approximate surface area is 147 Å². The summed E-state index contributed by atoms with van der Waals surface area (Å²) in [7, 11) is 1.72. The van der Waals surface area contributed by atoms with E-state index in [0.717, 1.165) is 24.1 Å². The Morgan fingerprint density at radius 1 is 1.24 bits per heavy atom. The summed E-state index contributed by atoms with van der Waals surface area (Å²) in [6, 6.07) is 11.5. The van der Waals surface area contributed by atoms with Crippen molar-refractivity contribution in [3.63, 3.8) is 0 Å². The molecule has 2 heterocycles. The van der Waals surface area contributed by atoms with Crippen molar-refractivity contribution in [1.82, 2.24) is 14.2 Å². The van der Waals surface area contributed by atoms with Crippen molar-refractivity contribution in [3.8, 4) is 17.5 Å². The topological polar surface area (TPSA) is 63.1 Å². The van der Waals surface area contributed by atoms with Gasteiger partial charge >= 0.3 is 0 Å². The van der Waals surface area contributed by atoms with Gasteiger partial charge < -0.3 is 0 Å². The molecule has 0 bridgehead atoms. The molecule has 0 aliphatic rings. The van der Waals surface area contributed by atoms with Crippen LogP contribution in [0.5, 0.6) is 0 Å². The molecule has 3 aromatic rings. The molecule has 0 amide bonds. The van der Waals surface area contributed by atoms with Crippen LogP contribution in [0.2, 0.25) is 0 Å². The second kappa shape index (κ2) is 6.56. The van der Waals surface area contributed by atoms with E-state index in [2.05, 4.69) is 26.0 Å². The highest BCUT2D eigenvalue weighted by atomic mass is 16.1. The van der Waals surface area contributed by atoms with Gasteiger partial charge in [0.15, 0.2) is 5.82 Å². The molecule has 0 aliphatic carbocycles. The Hall–Kier alpha value is -2.87. The monoisotopic (exact) mass is 334 g/mol. The maximum Gasteiger partial charge on any atom is 0.278 e. The molecule has 0 saturated carbocycles. The van der Waals surface area contributed by atoms with Crippen molar-refractivity contribution < 1.29 is 0 Å². The van der Waals surface area contributed by atoms with Gasteiger partial charge in [0.25, 0.3) is 5.56 Å². The van der Waals surface area contributed by atoms with Gasteiger partial charge in [-0.05, 0) is 49.4 Å². The molecule has 1 aromatic carbocycles. The van der Waals surface area contributed by atoms with Crippen LogP contribution in [0.4, 0.5) is 0 Å². The fourth-order valence-electron chi connectivity index (χ4n) is 3.46. The van der Waals surface area contributed by atoms with Crippen molar-refractivity contribution >= 4 is 5.52 Å². The highest BCUT2D eigenvalue weighted by Gasteiger charge is 2.21. The van der Waals surface area contributed by atoms with E-state index < -0.39 is 0 Å². The number of hydrogen-bond acceptors (Lipinski definition) is 3. The Morgan fingerprint density at radius 2 is 1.92 bits per heavy atom. The first-order valence-electron chi connectivity index (χ1n) is 8.62. The largest absolute Gasteiger partial charge is 0.292 e. The molecular weight excluding hydrogens is 312 g/mol. The zero-order chi connectivity index (χ0) is 18.1. The Bertz CT molecular complexity index is 1030. The van der Waals surface area contributed by atoms with Crippen molar-refractivity contribution in [2.45, 2.75) is 39.5 Å². The van der Waals surface area contributed by atoms with E-state index in [-0.39, 0.29) is 5.56 Å². The second-order valence-electron chi connectivity index (χ2n) is 6.36. The van der Waals surface area contributed by atoms with Crippen molar-refractivity contribution in [2.24, 2.45) is 7.05 Å². The van der Waals surface area contributed by atoms with E-state index in [1.54, 1.807) is 22.2 Å². The fraction of sp³-hybridized carbons (Fsp3) is 0.350. The number of nitrogens with zero attached hydrogens (tertiary/aromatic N) is 4. The lowest BCUT2D eigenvalue weighted by Crippen LogP contribution is -2.24. The fourth-order valence-corrected chi connectivity index (χ4v) is 3.46. The Morgan fingerprint density at radius 3 is 2.56 bits per heavy atom. The van der Waals surface area contributed by atoms with Crippen LogP contribution in [0.1, 0.15) is 49.4 Å². The Balaban J connectivity index is 2.37. The lowest BCUT2D eigenvalue weighted by Gasteiger charge is -2.13. The summed E-state index contributed by atoms with van der Waals surface area (Å²) in [5.74, 6) is 0.847. The maximum absolute atomic E-state index is 13.1. The molecule has 0 saturated heterocycles. The highest BCUT2D eigenvalue weighted by Crippen LogP contribution is 2.29. The quantitative estimate of drug-likeness (QED) is 0.729. The summed E-state index contributed by atoms with van der Waals surface area (Å²) >= 11 is 0. The molecule has 5 heteroatoms. The minimum atomic E-state index is -0.0762. The average Bonchev–Trinajstić information content (AvgIpc) is 2.95. The Kier molecular flexibility index (Phi) is 4.45. The molecular formula is C20H22N4O. The summed E-state index contributed by atoms with van der Waals surface area (Å²) in [5, 5.41) is 14.1. The van der Waals surface area contributed by atoms with Crippen molar-refractivity contribution in [3.05, 3.63) is 57.5 Å². The molecule has 5 nitrogen and oxygen atoms in total. The SMILES string of the molecule is CCC(CC)c1cc(C)n2nc(-c3ccccc3C#N)n(C)c(=O)c12. The number of hydrogen-bond donors (Lipinski definition) is 0. The number of aryl methyl sites for hydroxylation is 1. The molecule has 25 heavy (non-hydrogen) atoms. The lowest BCUT2D eigenvalue weighted by atomic mass is 9.95. The van der Waals surface area contributed by atoms with Gasteiger partial charge in [-0.3, -0.25) is 9.36 Å². The number of benzene rings is 1. The summed E-state index contributed by atoms with van der Waals surface area (Å²) in [5.41, 5.74) is 3.75. The molecule has 0 unspecified atom stereocenters. The molecule has 0 atom stereocenters. The zero-order valence-corrected chi connectivity index (χ0v) is 15.1. The van der Waals surface area contributed by atoms with Gasteiger partial charge in [-0.1, -0.05) is 26.0 Å². The zero-order valence-electron chi connectivity index (χ0n) is 15.1. The summed E-state index contributed by atoms with van der Waals surface area (Å²) in [4.78, 5) is 13.1. The minimum Gasteiger partial charge on any atom is -0.292 e. The van der Waals surface area contributed by atoms with E-state index in [1.165, 1.54) is 0 Å². The van der Waals surface area contributed by atoms with Crippen LogP contribution in [0.15, 0.2) is 35.1 Å². The summed E-state index contributed by atoms with van der Waals surface area (Å²) in [6.07, 6.45) is 1.97. The van der Waals surface area contributed by atoms with Gasteiger partial charge in [0, 0.05) is 18.3 Å². The smallest absolute Gasteiger partial charge is 0.278 e. The number of aromatic nitrogens is 3. The molecule has 0 fully saturated rings. The molecule has 3 rings (SSSR count). The van der Waals surface area contributed by atoms with E-state index in [1.807, 2.05) is 25.1 Å². The minimum absolute atomic E-state index is 0.0762. The molecule has 0 aliphatic heterocycles. The standard InChI is InChI=1S/C20H22N4O/c1-5-14(6-2)17-11-13(3)24-18(17)20(25)23(4)19(22-24)16-10-8-7-9-15(16)12-21/h7-11,14H,5-6H2,1-4H3. The average molecular weight is 334 g/mol. The van der Waals surface area contributed by atoms with E-state index >= 15 is 0 Å². The van der Waals surface area contributed by atoms with Crippen molar-refractivity contribution in [1.29, 1.82) is 5.26 Å². The van der Waals surface area contributed by atoms with Crippen LogP contribution >= 0.6 is 0 Å². The first kappa shape index (κ1) is 17.0. The molecule has 0 N–H and O–H groups in total. The molecule has 0 spiro atoms. The van der Waals surface area contributed by atoms with Crippen LogP contribution in [0, 0.1) is 18.3 Å². The third-order valence-corrected chi connectivity index (χ3v) is 4.92. The third kappa shape index (κ3) is 2.64. The van der Waals surface area contributed by atoms with Crippen LogP contribution in [-0.2, 0) is 7.05 Å². The first-order valence-corrected chi connectivity index (χ1v) is 8.62. The predicted octanol–water partition coefficient (Wildman–Crippen LogP) is 3.78. The first-order chi connectivity index (χ1) is 12.0. The van der Waals surface area contributed by atoms with Gasteiger partial charge in [0.05, 0.1) is 11.6 Å². The number of fused-ring (bicyclic) bond motifs is 1. The van der Waals surface area contributed by atoms with Gasteiger partial charge in [-0.15, -0.1) is 5.10 Å². The van der Waals surface area contributed by atoms with Gasteiger partial charge in [0.1, 0.15) is 5.52 Å². The van der Waals surface area contributed by atoms with E-state index in [0.29, 0.717) is 28.4 Å². The molecule has 0 radical (unpaired) electrons. The number of rotatable bonds is 4. The van der Waals surface area contributed by atoms with Crippen LogP contribution in [-0.4, -0.2) is 14.2 Å². The van der Waals surface area contributed by atoms with Gasteiger partial charge in [-0.25, -0.2) is 4.52 Å². The number of nitriles is 1. The third-order valence-electron chi connectivity index (χ3n) is 4.92. The van der Waals surface area contributed by atoms with Crippen LogP contribution < -0.4 is 5.56 Å². The van der Waals surface area contributed by atoms with Crippen molar-refractivity contribution in [2.75, 3.05) is 0 Å². The summed E-state index contributed by atoms with van der Waals surface area (Å²) in [6.45, 7) is 6.25. The molecule has 128 valence electrons. The lowest BCUT2D eigenvalue weighted by molar-refractivity contribution is 0.644. The van der Waals surface area contributed by atoms with Crippen LogP contribution in [0.3, 0.4) is 0 Å². The second-order valence-corrected chi connectivity index (χ2v) is 6.36. The van der Waals surface area contributed by atoms with E-state index in [9.17, 15) is 10.1 Å². The normalized spacial score (nSPS) is 11.2. The maximum atomic E-state index is 13.1. The molecule has 2 aromatic heterocycles. The summed E-state index contributed by atoms with van der Waals surface area (Å²) < 4.78 is 3.29. The predicted molar refractivity (Wildman–Crippen MR) is 98.6 cm³/mol. The van der Waals surface area contributed by atoms with Gasteiger partial charge in [0.2, 0.25) is 0 Å². The van der Waals surface area contributed by atoms with Gasteiger partial charge in [-0.2, -0.15) is 5.26 Å². The van der Waals surface area contributed by atoms with E-state index in [4.69, 9.17) is 5.10 Å². The van der Waals surface area contributed by atoms with Crippen LogP contribution in [0.25, 0.3) is 16.9 Å². The highest BCUT2D eigenvalue weighted by molar-refractivity contribution is 5.66.